The maximum absolute atomic E-state index is 13.0. The van der Waals surface area contributed by atoms with Crippen LogP contribution in [0.3, 0.4) is 0 Å². The number of carbonyl (C=O) groups excluding carboxylic acids is 1. The van der Waals surface area contributed by atoms with Gasteiger partial charge < -0.3 is 15.2 Å². The molecule has 2 aliphatic rings. The number of fused-ring (bicyclic) bond motifs is 1. The van der Waals surface area contributed by atoms with Crippen molar-refractivity contribution in [2.45, 2.75) is 38.9 Å². The Hall–Kier alpha value is -2.56. The van der Waals surface area contributed by atoms with Gasteiger partial charge in [-0.25, -0.2) is 14.2 Å². The third-order valence-electron chi connectivity index (χ3n) is 5.34. The minimum atomic E-state index is -4.05. The molecule has 0 spiro atoms. The van der Waals surface area contributed by atoms with Gasteiger partial charge in [0.2, 0.25) is 0 Å². The van der Waals surface area contributed by atoms with Crippen molar-refractivity contribution in [1.82, 2.24) is 9.55 Å². The highest BCUT2D eigenvalue weighted by atomic mass is 31.2. The number of nitrogens with zero attached hydrogens (tertiary/aromatic N) is 2. The number of benzene rings is 1. The minimum Gasteiger partial charge on any atom is -0.459 e. The molecule has 2 fully saturated rings. The number of phosphoric ester groups is 1. The SMILES string of the molecule is CC1(C)[C@@H]2OP(=O)(OCC(=O)OCc3ccccc3)OC[C@H]2O[C@H]1n1ccc(N)nc1=O. The van der Waals surface area contributed by atoms with Crippen molar-refractivity contribution >= 4 is 19.6 Å². The minimum absolute atomic E-state index is 0.0622. The monoisotopic (exact) mass is 465 g/mol. The number of carbonyl (C=O) groups is 1. The van der Waals surface area contributed by atoms with E-state index in [0.717, 1.165) is 5.56 Å². The van der Waals surface area contributed by atoms with Crippen LogP contribution in [0.2, 0.25) is 0 Å². The summed E-state index contributed by atoms with van der Waals surface area (Å²) in [6, 6.07) is 10.6. The lowest BCUT2D eigenvalue weighted by Gasteiger charge is -2.35. The Balaban J connectivity index is 1.39. The van der Waals surface area contributed by atoms with E-state index in [-0.39, 0.29) is 19.0 Å². The number of anilines is 1. The van der Waals surface area contributed by atoms with Crippen molar-refractivity contribution in [2.24, 2.45) is 5.41 Å². The van der Waals surface area contributed by atoms with Crippen LogP contribution < -0.4 is 11.4 Å². The fourth-order valence-corrected chi connectivity index (χ4v) is 5.18. The summed E-state index contributed by atoms with van der Waals surface area (Å²) < 4.78 is 41.5. The second-order valence-corrected chi connectivity index (χ2v) is 9.70. The molecule has 0 aliphatic carbocycles. The number of ether oxygens (including phenoxy) is 2. The van der Waals surface area contributed by atoms with Gasteiger partial charge in [-0.2, -0.15) is 4.98 Å². The van der Waals surface area contributed by atoms with Crippen molar-refractivity contribution in [3.8, 4) is 0 Å². The molecule has 0 radical (unpaired) electrons. The lowest BCUT2D eigenvalue weighted by atomic mass is 9.84. The summed E-state index contributed by atoms with van der Waals surface area (Å²) >= 11 is 0. The molecule has 32 heavy (non-hydrogen) atoms. The van der Waals surface area contributed by atoms with Crippen LogP contribution >= 0.6 is 7.82 Å². The lowest BCUT2D eigenvalue weighted by Crippen LogP contribution is -2.42. The largest absolute Gasteiger partial charge is 0.475 e. The van der Waals surface area contributed by atoms with Gasteiger partial charge in [0.1, 0.15) is 30.9 Å². The van der Waals surface area contributed by atoms with Crippen LogP contribution in [0.1, 0.15) is 25.6 Å². The van der Waals surface area contributed by atoms with Crippen molar-refractivity contribution in [2.75, 3.05) is 18.9 Å². The summed E-state index contributed by atoms with van der Waals surface area (Å²) in [6.07, 6.45) is -0.607. The lowest BCUT2D eigenvalue weighted by molar-refractivity contribution is -0.149. The summed E-state index contributed by atoms with van der Waals surface area (Å²) in [5, 5.41) is 0. The molecule has 0 amide bonds. The van der Waals surface area contributed by atoms with E-state index >= 15 is 0 Å². The van der Waals surface area contributed by atoms with E-state index in [9.17, 15) is 14.2 Å². The number of esters is 1. The number of rotatable bonds is 6. The molecule has 1 unspecified atom stereocenters. The Kier molecular flexibility index (Phi) is 6.19. The normalized spacial score (nSPS) is 28.8. The van der Waals surface area contributed by atoms with Crippen molar-refractivity contribution in [1.29, 1.82) is 0 Å². The first-order valence-corrected chi connectivity index (χ1v) is 11.4. The van der Waals surface area contributed by atoms with Gasteiger partial charge in [0.25, 0.3) is 0 Å². The van der Waals surface area contributed by atoms with Gasteiger partial charge in [0, 0.05) is 11.6 Å². The molecule has 172 valence electrons. The van der Waals surface area contributed by atoms with E-state index in [1.165, 1.54) is 16.8 Å². The summed E-state index contributed by atoms with van der Waals surface area (Å²) in [5.41, 5.74) is 4.98. The fraction of sp³-hybridized carbons (Fsp3) is 0.450. The Labute approximate surface area is 184 Å². The average molecular weight is 465 g/mol. The molecular formula is C20H24N3O8P. The third kappa shape index (κ3) is 4.62. The predicted octanol–water partition coefficient (Wildman–Crippen LogP) is 2.03. The van der Waals surface area contributed by atoms with Crippen molar-refractivity contribution in [3.63, 3.8) is 0 Å². The molecule has 1 aromatic heterocycles. The zero-order chi connectivity index (χ0) is 22.9. The summed E-state index contributed by atoms with van der Waals surface area (Å²) in [5.74, 6) is -0.617. The smallest absolute Gasteiger partial charge is 0.459 e. The maximum atomic E-state index is 13.0. The number of aromatic nitrogens is 2. The molecule has 4 rings (SSSR count). The second kappa shape index (κ2) is 8.76. The van der Waals surface area contributed by atoms with Gasteiger partial charge >= 0.3 is 19.5 Å². The van der Waals surface area contributed by atoms with Gasteiger partial charge in [0.05, 0.1) is 6.61 Å². The van der Waals surface area contributed by atoms with E-state index in [1.807, 2.05) is 30.3 Å². The highest BCUT2D eigenvalue weighted by molar-refractivity contribution is 7.48. The summed E-state index contributed by atoms with van der Waals surface area (Å²) in [4.78, 5) is 28.0. The van der Waals surface area contributed by atoms with Gasteiger partial charge in [-0.3, -0.25) is 18.1 Å². The highest BCUT2D eigenvalue weighted by Crippen LogP contribution is 2.60. The molecule has 1 aromatic carbocycles. The molecule has 0 saturated carbocycles. The van der Waals surface area contributed by atoms with Crippen LogP contribution in [-0.2, 0) is 39.0 Å². The zero-order valence-electron chi connectivity index (χ0n) is 17.6. The van der Waals surface area contributed by atoms with Crippen LogP contribution in [0.25, 0.3) is 0 Å². The molecule has 3 heterocycles. The van der Waals surface area contributed by atoms with Crippen LogP contribution in [0.15, 0.2) is 47.4 Å². The quantitative estimate of drug-likeness (QED) is 0.497. The van der Waals surface area contributed by atoms with Crippen LogP contribution in [-0.4, -0.2) is 40.9 Å². The average Bonchev–Trinajstić information content (AvgIpc) is 3.01. The molecule has 2 N–H and O–H groups in total. The molecule has 4 atom stereocenters. The molecule has 2 aliphatic heterocycles. The topological polar surface area (TPSA) is 141 Å². The molecule has 2 aromatic rings. The van der Waals surface area contributed by atoms with E-state index in [4.69, 9.17) is 28.8 Å². The number of phosphoric acid groups is 1. The molecule has 0 bridgehead atoms. The summed E-state index contributed by atoms with van der Waals surface area (Å²) in [6.45, 7) is 2.96. The second-order valence-electron chi connectivity index (χ2n) is 8.08. The van der Waals surface area contributed by atoms with E-state index in [2.05, 4.69) is 4.98 Å². The van der Waals surface area contributed by atoms with Crippen LogP contribution in [0, 0.1) is 5.41 Å². The Morgan fingerprint density at radius 2 is 2.06 bits per heavy atom. The fourth-order valence-electron chi connectivity index (χ4n) is 3.70. The van der Waals surface area contributed by atoms with E-state index in [1.54, 1.807) is 13.8 Å². The van der Waals surface area contributed by atoms with Crippen molar-refractivity contribution in [3.05, 3.63) is 58.6 Å². The van der Waals surface area contributed by atoms with E-state index in [0.29, 0.717) is 0 Å². The van der Waals surface area contributed by atoms with Crippen LogP contribution in [0.4, 0.5) is 5.82 Å². The third-order valence-corrected chi connectivity index (χ3v) is 6.73. The van der Waals surface area contributed by atoms with Gasteiger partial charge in [-0.15, -0.1) is 0 Å². The Morgan fingerprint density at radius 3 is 2.78 bits per heavy atom. The number of nitrogen functional groups attached to an aromatic ring is 1. The molecule has 12 heteroatoms. The molecule has 2 saturated heterocycles. The Morgan fingerprint density at radius 1 is 1.31 bits per heavy atom. The van der Waals surface area contributed by atoms with Gasteiger partial charge in [-0.05, 0) is 11.6 Å². The maximum Gasteiger partial charge on any atom is 0.475 e. The van der Waals surface area contributed by atoms with Crippen LogP contribution in [0.5, 0.6) is 0 Å². The van der Waals surface area contributed by atoms with Crippen molar-refractivity contribution < 1.29 is 32.4 Å². The zero-order valence-corrected chi connectivity index (χ0v) is 18.5. The predicted molar refractivity (Wildman–Crippen MR) is 111 cm³/mol. The Bertz CT molecular complexity index is 1090. The van der Waals surface area contributed by atoms with E-state index < -0.39 is 49.9 Å². The number of hydrogen-bond acceptors (Lipinski definition) is 10. The first-order chi connectivity index (χ1) is 15.2. The number of nitrogens with two attached hydrogens (primary N) is 1. The first-order valence-electron chi connectivity index (χ1n) is 9.95. The highest BCUT2D eigenvalue weighted by Gasteiger charge is 2.58. The first kappa shape index (κ1) is 22.6. The molecular weight excluding hydrogens is 441 g/mol. The number of hydrogen-bond donors (Lipinski definition) is 1. The summed E-state index contributed by atoms with van der Waals surface area (Å²) in [7, 11) is -4.05. The van der Waals surface area contributed by atoms with Gasteiger partial charge in [-0.1, -0.05) is 44.2 Å². The van der Waals surface area contributed by atoms with Gasteiger partial charge in [0.15, 0.2) is 6.61 Å². The standard InChI is InChI=1S/C20H24N3O8P/c1-20(2)17-14(30-18(20)23-9-8-15(21)22-19(23)25)11-28-32(26,31-17)29-12-16(24)27-10-13-6-4-3-5-7-13/h3-9,14,17-18H,10-12H2,1-2H3,(H2,21,22,25)/t14-,17-,18-,32?/m1/s1. The molecule has 11 nitrogen and oxygen atoms in total.